The van der Waals surface area contributed by atoms with Gasteiger partial charge in [0.25, 0.3) is 5.91 Å². The number of hydrogen-bond acceptors (Lipinski definition) is 4. The summed E-state index contributed by atoms with van der Waals surface area (Å²) in [7, 11) is 0. The van der Waals surface area contributed by atoms with Gasteiger partial charge in [0.15, 0.2) is 0 Å². The van der Waals surface area contributed by atoms with Crippen LogP contribution in [0.3, 0.4) is 0 Å². The maximum Gasteiger partial charge on any atom is 0.251 e. The summed E-state index contributed by atoms with van der Waals surface area (Å²) in [5.74, 6) is -0.722. The number of carbonyl (C=O) groups is 3. The van der Waals surface area contributed by atoms with Crippen molar-refractivity contribution >= 4 is 23.4 Å². The summed E-state index contributed by atoms with van der Waals surface area (Å²) in [6, 6.07) is 7.13. The summed E-state index contributed by atoms with van der Waals surface area (Å²) in [4.78, 5) is 39.7. The second kappa shape index (κ2) is 6.73. The molecule has 2 N–H and O–H groups in total. The van der Waals surface area contributed by atoms with E-state index in [0.29, 0.717) is 31.6 Å². The molecule has 0 saturated carbocycles. The van der Waals surface area contributed by atoms with Crippen molar-refractivity contribution in [1.29, 1.82) is 0 Å². The predicted octanol–water partition coefficient (Wildman–Crippen LogP) is 1.08. The number of likely N-dealkylation sites (tertiary alicyclic amines) is 1. The fourth-order valence-electron chi connectivity index (χ4n) is 3.55. The molecule has 3 rings (SSSR count). The average molecular weight is 329 g/mol. The molecule has 0 aromatic heterocycles. The van der Waals surface area contributed by atoms with Crippen molar-refractivity contribution < 1.29 is 14.4 Å². The zero-order chi connectivity index (χ0) is 17.3. The van der Waals surface area contributed by atoms with Gasteiger partial charge in [-0.05, 0) is 50.0 Å². The molecule has 0 bridgehead atoms. The Labute approximate surface area is 141 Å². The molecule has 24 heavy (non-hydrogen) atoms. The monoisotopic (exact) mass is 329 g/mol. The van der Waals surface area contributed by atoms with Crippen LogP contribution in [-0.2, 0) is 20.8 Å². The van der Waals surface area contributed by atoms with Crippen molar-refractivity contribution in [2.45, 2.75) is 38.6 Å². The minimum absolute atomic E-state index is 0.119. The zero-order valence-electron chi connectivity index (χ0n) is 13.9. The van der Waals surface area contributed by atoms with Crippen molar-refractivity contribution in [3.8, 4) is 0 Å². The number of hydrogen-bond donors (Lipinski definition) is 1. The van der Waals surface area contributed by atoms with E-state index in [9.17, 15) is 14.4 Å². The molecule has 2 saturated heterocycles. The van der Waals surface area contributed by atoms with Gasteiger partial charge in [-0.3, -0.25) is 19.3 Å². The highest BCUT2D eigenvalue weighted by molar-refractivity contribution is 6.22. The summed E-state index contributed by atoms with van der Waals surface area (Å²) in [5.41, 5.74) is 7.16. The SMILES string of the molecule is CCc1ccc(N2C(=O)C[C@H](N3CCC(C(N)=O)CC3)C2=O)cc1. The number of aryl methyl sites for hydroxylation is 1. The highest BCUT2D eigenvalue weighted by Gasteiger charge is 2.43. The number of nitrogens with zero attached hydrogens (tertiary/aromatic N) is 2. The van der Waals surface area contributed by atoms with Crippen molar-refractivity contribution in [2.75, 3.05) is 18.0 Å². The van der Waals surface area contributed by atoms with Crippen LogP contribution in [0.15, 0.2) is 24.3 Å². The summed E-state index contributed by atoms with van der Waals surface area (Å²) in [5, 5.41) is 0. The molecule has 1 aromatic rings. The van der Waals surface area contributed by atoms with Crippen LogP contribution in [0.2, 0.25) is 0 Å². The molecule has 0 spiro atoms. The second-order valence-electron chi connectivity index (χ2n) is 6.52. The third-order valence-corrected chi connectivity index (χ3v) is 5.10. The van der Waals surface area contributed by atoms with Crippen molar-refractivity contribution in [3.05, 3.63) is 29.8 Å². The number of piperidine rings is 1. The molecule has 128 valence electrons. The minimum Gasteiger partial charge on any atom is -0.369 e. The van der Waals surface area contributed by atoms with Crippen LogP contribution in [0.1, 0.15) is 31.7 Å². The summed E-state index contributed by atoms with van der Waals surface area (Å²) in [6.45, 7) is 3.31. The van der Waals surface area contributed by atoms with E-state index in [1.54, 1.807) is 0 Å². The molecular formula is C18H23N3O3. The number of amides is 3. The number of rotatable bonds is 4. The van der Waals surface area contributed by atoms with Gasteiger partial charge in [0.05, 0.1) is 18.2 Å². The Hall–Kier alpha value is -2.21. The van der Waals surface area contributed by atoms with E-state index in [-0.39, 0.29) is 30.1 Å². The van der Waals surface area contributed by atoms with Gasteiger partial charge in [-0.1, -0.05) is 19.1 Å². The molecule has 0 aliphatic carbocycles. The molecule has 0 unspecified atom stereocenters. The van der Waals surface area contributed by atoms with Gasteiger partial charge < -0.3 is 5.73 Å². The molecule has 3 amide bonds. The molecule has 2 heterocycles. The number of benzene rings is 1. The highest BCUT2D eigenvalue weighted by atomic mass is 16.2. The van der Waals surface area contributed by atoms with Gasteiger partial charge in [-0.25, -0.2) is 4.90 Å². The van der Waals surface area contributed by atoms with E-state index in [2.05, 4.69) is 6.92 Å². The maximum atomic E-state index is 12.8. The molecule has 0 radical (unpaired) electrons. The molecule has 6 nitrogen and oxygen atoms in total. The maximum absolute atomic E-state index is 12.8. The largest absolute Gasteiger partial charge is 0.369 e. The molecule has 6 heteroatoms. The Morgan fingerprint density at radius 2 is 1.79 bits per heavy atom. The molecule has 2 aliphatic heterocycles. The van der Waals surface area contributed by atoms with Crippen LogP contribution in [0.4, 0.5) is 5.69 Å². The zero-order valence-corrected chi connectivity index (χ0v) is 13.9. The van der Waals surface area contributed by atoms with Crippen molar-refractivity contribution in [1.82, 2.24) is 4.90 Å². The van der Waals surface area contributed by atoms with Gasteiger partial charge >= 0.3 is 0 Å². The number of imide groups is 1. The van der Waals surface area contributed by atoms with E-state index >= 15 is 0 Å². The van der Waals surface area contributed by atoms with Crippen LogP contribution in [-0.4, -0.2) is 41.8 Å². The smallest absolute Gasteiger partial charge is 0.251 e. The molecule has 2 aliphatic rings. The van der Waals surface area contributed by atoms with Gasteiger partial charge in [0, 0.05) is 5.92 Å². The third-order valence-electron chi connectivity index (χ3n) is 5.10. The van der Waals surface area contributed by atoms with E-state index in [4.69, 9.17) is 5.73 Å². The van der Waals surface area contributed by atoms with E-state index < -0.39 is 6.04 Å². The predicted molar refractivity (Wildman–Crippen MR) is 90.2 cm³/mol. The number of anilines is 1. The standard InChI is InChI=1S/C18H23N3O3/c1-2-12-3-5-14(6-4-12)21-16(22)11-15(18(21)24)20-9-7-13(8-10-20)17(19)23/h3-6,13,15H,2,7-11H2,1H3,(H2,19,23)/t15-/m0/s1. The van der Waals surface area contributed by atoms with Crippen molar-refractivity contribution in [2.24, 2.45) is 11.7 Å². The molecule has 1 aromatic carbocycles. The van der Waals surface area contributed by atoms with Crippen molar-refractivity contribution in [3.63, 3.8) is 0 Å². The van der Waals surface area contributed by atoms with Crippen LogP contribution >= 0.6 is 0 Å². The second-order valence-corrected chi connectivity index (χ2v) is 6.52. The van der Waals surface area contributed by atoms with Gasteiger partial charge in [-0.15, -0.1) is 0 Å². The number of nitrogens with two attached hydrogens (primary N) is 1. The Morgan fingerprint density at radius 1 is 1.17 bits per heavy atom. The number of primary amides is 1. The first-order valence-electron chi connectivity index (χ1n) is 8.50. The van der Waals surface area contributed by atoms with Gasteiger partial charge in [0.1, 0.15) is 0 Å². The summed E-state index contributed by atoms with van der Waals surface area (Å²) in [6.07, 6.45) is 2.42. The van der Waals surface area contributed by atoms with Crippen LogP contribution in [0, 0.1) is 5.92 Å². The topological polar surface area (TPSA) is 83.7 Å². The molecule has 2 fully saturated rings. The lowest BCUT2D eigenvalue weighted by Gasteiger charge is -2.33. The van der Waals surface area contributed by atoms with Crippen LogP contribution in [0.5, 0.6) is 0 Å². The Balaban J connectivity index is 1.71. The third kappa shape index (κ3) is 3.06. The fourth-order valence-corrected chi connectivity index (χ4v) is 3.55. The first kappa shape index (κ1) is 16.6. The van der Waals surface area contributed by atoms with Crippen LogP contribution < -0.4 is 10.6 Å². The molecular weight excluding hydrogens is 306 g/mol. The Bertz CT molecular complexity index is 648. The average Bonchev–Trinajstić information content (AvgIpc) is 2.89. The highest BCUT2D eigenvalue weighted by Crippen LogP contribution is 2.28. The van der Waals surface area contributed by atoms with Crippen LogP contribution in [0.25, 0.3) is 0 Å². The normalized spacial score (nSPS) is 23.0. The minimum atomic E-state index is -0.419. The first-order chi connectivity index (χ1) is 11.5. The number of carbonyl (C=O) groups excluding carboxylic acids is 3. The van der Waals surface area contributed by atoms with Gasteiger partial charge in [0.2, 0.25) is 11.8 Å². The van der Waals surface area contributed by atoms with Gasteiger partial charge in [-0.2, -0.15) is 0 Å². The van der Waals surface area contributed by atoms with E-state index in [0.717, 1.165) is 6.42 Å². The Morgan fingerprint density at radius 3 is 2.33 bits per heavy atom. The first-order valence-corrected chi connectivity index (χ1v) is 8.50. The Kier molecular flexibility index (Phi) is 4.66. The summed E-state index contributed by atoms with van der Waals surface area (Å²) >= 11 is 0. The van der Waals surface area contributed by atoms with E-state index in [1.807, 2.05) is 29.2 Å². The fraction of sp³-hybridized carbons (Fsp3) is 0.500. The lowest BCUT2D eigenvalue weighted by atomic mass is 9.95. The lowest BCUT2D eigenvalue weighted by Crippen LogP contribution is -2.47. The summed E-state index contributed by atoms with van der Waals surface area (Å²) < 4.78 is 0. The quantitative estimate of drug-likeness (QED) is 0.838. The lowest BCUT2D eigenvalue weighted by molar-refractivity contribution is -0.124. The van der Waals surface area contributed by atoms with E-state index in [1.165, 1.54) is 10.5 Å². The molecule has 1 atom stereocenters.